The standard InChI is InChI=1S/C44H54N10O12S/c1-67-19-15-28-36(58)41(63)52-31(21-34(56)40(62)47-16-18-55)38(60)51-30(20-25-23-48-27-11-6-5-10-26(25)27)37(59)50-29(13-14-35(46)57)43(65)54(42(64)24-8-3-2-4-9-24)33(22-45)44(66)53-17-7-12-32(53)39(61)49-28/h2-6,8-11,20,23,28-29,31-34,48,55-56H,7,12-19,21-22,45H2,1H3,(H2,46,57)(H,47,62)(H,49,61)(H,50,59)(H,51,60)(H,52,63)/b30-20+/t28-,29?,31+,32-,33-,34-/m0/s1. The average molecular weight is 947 g/mol. The molecule has 0 spiro atoms. The third kappa shape index (κ3) is 12.9. The van der Waals surface area contributed by atoms with E-state index in [1.165, 1.54) is 48.3 Å². The van der Waals surface area contributed by atoms with Crippen LogP contribution in [0.1, 0.15) is 54.4 Å². The zero-order valence-corrected chi connectivity index (χ0v) is 37.3. The highest BCUT2D eigenvalue weighted by molar-refractivity contribution is 7.98. The first kappa shape index (κ1) is 51.0. The molecule has 6 atom stereocenters. The largest absolute Gasteiger partial charge is 0.395 e. The third-order valence-corrected chi connectivity index (χ3v) is 11.7. The molecule has 67 heavy (non-hydrogen) atoms. The van der Waals surface area contributed by atoms with Gasteiger partial charge in [-0.3, -0.25) is 52.8 Å². The number of benzene rings is 2. The van der Waals surface area contributed by atoms with Gasteiger partial charge >= 0.3 is 0 Å². The summed E-state index contributed by atoms with van der Waals surface area (Å²) in [5, 5.41) is 32.5. The molecular formula is C44H54N10O12S. The van der Waals surface area contributed by atoms with Crippen molar-refractivity contribution in [2.24, 2.45) is 11.5 Å². The molecular weight excluding hydrogens is 893 g/mol. The van der Waals surface area contributed by atoms with Crippen LogP contribution >= 0.6 is 11.8 Å². The minimum atomic E-state index is -2.04. The zero-order chi connectivity index (χ0) is 48.8. The number of amides is 9. The van der Waals surface area contributed by atoms with Crippen molar-refractivity contribution >= 4 is 87.7 Å². The number of imide groups is 1. The third-order valence-electron chi connectivity index (χ3n) is 11.1. The van der Waals surface area contributed by atoms with E-state index in [1.54, 1.807) is 36.6 Å². The molecule has 5 rings (SSSR count). The molecule has 3 heterocycles. The highest BCUT2D eigenvalue weighted by atomic mass is 32.2. The summed E-state index contributed by atoms with van der Waals surface area (Å²) in [6.07, 6.45) is 0.611. The Kier molecular flexibility index (Phi) is 18.3. The van der Waals surface area contributed by atoms with E-state index in [0.29, 0.717) is 21.4 Å². The summed E-state index contributed by atoms with van der Waals surface area (Å²) in [6, 6.07) is 5.77. The van der Waals surface area contributed by atoms with E-state index < -0.39 is 133 Å². The zero-order valence-electron chi connectivity index (χ0n) is 36.5. The van der Waals surface area contributed by atoms with Crippen LogP contribution in [0.2, 0.25) is 0 Å². The van der Waals surface area contributed by atoms with Gasteiger partial charge in [0.2, 0.25) is 35.3 Å². The molecule has 2 saturated heterocycles. The van der Waals surface area contributed by atoms with Gasteiger partial charge in [-0.15, -0.1) is 0 Å². The summed E-state index contributed by atoms with van der Waals surface area (Å²) in [5.41, 5.74) is 11.9. The monoisotopic (exact) mass is 946 g/mol. The predicted octanol–water partition coefficient (Wildman–Crippen LogP) is -2.47. The van der Waals surface area contributed by atoms with Gasteiger partial charge in [0.05, 0.1) is 12.6 Å². The Labute approximate surface area is 388 Å². The number of nitrogens with two attached hydrogens (primary N) is 2. The lowest BCUT2D eigenvalue weighted by Gasteiger charge is -2.35. The quantitative estimate of drug-likeness (QED) is 0.0455. The lowest BCUT2D eigenvalue weighted by Crippen LogP contribution is -2.62. The van der Waals surface area contributed by atoms with Crippen molar-refractivity contribution in [2.45, 2.75) is 74.8 Å². The number of thioether (sulfide) groups is 1. The molecule has 0 bridgehead atoms. The summed E-state index contributed by atoms with van der Waals surface area (Å²) in [4.78, 5) is 145. The summed E-state index contributed by atoms with van der Waals surface area (Å²) in [5.74, 6) is -10.9. The number of Topliss-reactive ketones (excluding diaryl/α,β-unsaturated/α-hetero) is 1. The fourth-order valence-corrected chi connectivity index (χ4v) is 8.11. The van der Waals surface area contributed by atoms with Gasteiger partial charge in [-0.25, -0.2) is 0 Å². The van der Waals surface area contributed by atoms with Crippen LogP contribution in [-0.4, -0.2) is 159 Å². The van der Waals surface area contributed by atoms with Crippen molar-refractivity contribution < 1.29 is 58.2 Å². The topological polar surface area (TPSA) is 346 Å². The van der Waals surface area contributed by atoms with Crippen LogP contribution in [0.15, 0.2) is 66.5 Å². The fraction of sp³-hybridized carbons (Fsp3) is 0.409. The van der Waals surface area contributed by atoms with E-state index in [2.05, 4.69) is 31.6 Å². The van der Waals surface area contributed by atoms with Crippen molar-refractivity contribution in [1.82, 2.24) is 41.4 Å². The number of hydrogen-bond donors (Lipinski definition) is 10. The Hall–Kier alpha value is -6.95. The lowest BCUT2D eigenvalue weighted by molar-refractivity contribution is -0.147. The molecule has 2 aliphatic heterocycles. The van der Waals surface area contributed by atoms with Crippen molar-refractivity contribution in [3.8, 4) is 0 Å². The number of aliphatic hydroxyl groups is 2. The van der Waals surface area contributed by atoms with Crippen LogP contribution in [0.25, 0.3) is 17.0 Å². The van der Waals surface area contributed by atoms with Crippen molar-refractivity contribution in [2.75, 3.05) is 38.2 Å². The lowest BCUT2D eigenvalue weighted by atomic mass is 10.0. The number of rotatable bonds is 14. The molecule has 0 aliphatic carbocycles. The molecule has 2 fully saturated rings. The number of para-hydroxylation sites is 1. The first-order chi connectivity index (χ1) is 32.1. The van der Waals surface area contributed by atoms with Crippen molar-refractivity contribution in [3.05, 3.63) is 77.6 Å². The first-order valence-corrected chi connectivity index (χ1v) is 22.8. The van der Waals surface area contributed by atoms with E-state index in [4.69, 9.17) is 11.5 Å². The molecule has 12 N–H and O–H groups in total. The van der Waals surface area contributed by atoms with Crippen molar-refractivity contribution in [3.63, 3.8) is 0 Å². The SMILES string of the molecule is CSCC[C@@H]1NC(=O)[C@@H]2CCCN2C(=O)[C@H](CN)N(C(=O)c2ccccc2)C(=O)C(CCC(N)=O)NC(=O)/C(=C\c2c[nH]c3ccccc23)NC(=O)[C@@H](C[C@H](O)C(=O)NCCO)NC(=O)C1=O. The number of nitrogens with zero attached hydrogens (tertiary/aromatic N) is 2. The maximum atomic E-state index is 15.0. The number of aromatic nitrogens is 1. The van der Waals surface area contributed by atoms with E-state index in [0.717, 1.165) is 4.90 Å². The Bertz CT molecular complexity index is 2390. The Balaban J connectivity index is 1.70. The normalized spacial score (nSPS) is 22.5. The maximum absolute atomic E-state index is 15.0. The van der Waals surface area contributed by atoms with Crippen LogP contribution in [-0.2, 0) is 43.2 Å². The number of aromatic amines is 1. The van der Waals surface area contributed by atoms with Crippen LogP contribution in [0.5, 0.6) is 0 Å². The number of H-pyrrole nitrogens is 1. The second kappa shape index (κ2) is 24.0. The van der Waals surface area contributed by atoms with Gasteiger partial charge < -0.3 is 58.1 Å². The number of carbonyl (C=O) groups excluding carboxylic acids is 10. The van der Waals surface area contributed by atoms with Gasteiger partial charge in [-0.2, -0.15) is 11.8 Å². The van der Waals surface area contributed by atoms with E-state index >= 15 is 0 Å². The van der Waals surface area contributed by atoms with Crippen LogP contribution in [0.4, 0.5) is 0 Å². The number of carbonyl (C=O) groups is 10. The number of aliphatic hydroxyl groups excluding tert-OH is 2. The van der Waals surface area contributed by atoms with Gasteiger partial charge in [0.15, 0.2) is 0 Å². The van der Waals surface area contributed by atoms with Gasteiger partial charge in [0.25, 0.3) is 23.6 Å². The van der Waals surface area contributed by atoms with E-state index in [1.807, 2.05) is 0 Å². The van der Waals surface area contributed by atoms with Gasteiger partial charge in [0, 0.05) is 60.7 Å². The molecule has 358 valence electrons. The Morgan fingerprint density at radius 3 is 2.28 bits per heavy atom. The van der Waals surface area contributed by atoms with Gasteiger partial charge in [-0.1, -0.05) is 36.4 Å². The number of nitrogens with one attached hydrogen (secondary N) is 6. The second-order valence-corrected chi connectivity index (χ2v) is 16.7. The molecule has 23 heteroatoms. The smallest absolute Gasteiger partial charge is 0.290 e. The second-order valence-electron chi connectivity index (χ2n) is 15.7. The first-order valence-electron chi connectivity index (χ1n) is 21.4. The average Bonchev–Trinajstić information content (AvgIpc) is 3.99. The minimum absolute atomic E-state index is 0.0492. The maximum Gasteiger partial charge on any atom is 0.290 e. The molecule has 1 aromatic heterocycles. The fourth-order valence-electron chi connectivity index (χ4n) is 7.64. The molecule has 2 aromatic carbocycles. The van der Waals surface area contributed by atoms with E-state index in [-0.39, 0.29) is 43.7 Å². The minimum Gasteiger partial charge on any atom is -0.395 e. The number of primary amides is 1. The molecule has 9 amide bonds. The summed E-state index contributed by atoms with van der Waals surface area (Å²) in [6.45, 7) is -1.51. The van der Waals surface area contributed by atoms with Crippen LogP contribution in [0, 0.1) is 0 Å². The summed E-state index contributed by atoms with van der Waals surface area (Å²) >= 11 is 1.28. The molecule has 0 saturated carbocycles. The number of ketones is 1. The predicted molar refractivity (Wildman–Crippen MR) is 243 cm³/mol. The van der Waals surface area contributed by atoms with Crippen molar-refractivity contribution in [1.29, 1.82) is 0 Å². The summed E-state index contributed by atoms with van der Waals surface area (Å²) < 4.78 is 0. The molecule has 0 radical (unpaired) electrons. The highest BCUT2D eigenvalue weighted by Crippen LogP contribution is 2.24. The number of hydrogen-bond acceptors (Lipinski definition) is 14. The van der Waals surface area contributed by atoms with Gasteiger partial charge in [0.1, 0.15) is 36.0 Å². The molecule has 1 unspecified atom stereocenters. The van der Waals surface area contributed by atoms with Gasteiger partial charge in [-0.05, 0) is 62.0 Å². The molecule has 22 nitrogen and oxygen atoms in total. The highest BCUT2D eigenvalue weighted by Gasteiger charge is 2.45. The van der Waals surface area contributed by atoms with Crippen LogP contribution < -0.4 is 38.1 Å². The Morgan fingerprint density at radius 2 is 1.60 bits per heavy atom. The molecule has 3 aromatic rings. The van der Waals surface area contributed by atoms with E-state index in [9.17, 15) is 58.2 Å². The summed E-state index contributed by atoms with van der Waals surface area (Å²) in [7, 11) is 0. The molecule has 2 aliphatic rings. The number of fused-ring (bicyclic) bond motifs is 2. The van der Waals surface area contributed by atoms with Crippen LogP contribution in [0.3, 0.4) is 0 Å². The Morgan fingerprint density at radius 1 is 0.896 bits per heavy atom.